The fraction of sp³-hybridized carbons (Fsp3) is 0.364. The Balaban J connectivity index is 1.39. The van der Waals surface area contributed by atoms with Gasteiger partial charge in [0.1, 0.15) is 0 Å². The van der Waals surface area contributed by atoms with Crippen molar-refractivity contribution in [1.29, 1.82) is 0 Å². The maximum atomic E-state index is 12.5. The number of benzene rings is 2. The van der Waals surface area contributed by atoms with Crippen LogP contribution in [0.25, 0.3) is 0 Å². The Morgan fingerprint density at radius 3 is 2.64 bits per heavy atom. The molecule has 0 aliphatic carbocycles. The van der Waals surface area contributed by atoms with Crippen molar-refractivity contribution in [2.45, 2.75) is 25.2 Å². The third-order valence-electron chi connectivity index (χ3n) is 5.54. The van der Waals surface area contributed by atoms with Gasteiger partial charge in [0, 0.05) is 48.4 Å². The van der Waals surface area contributed by atoms with E-state index >= 15 is 0 Å². The summed E-state index contributed by atoms with van der Waals surface area (Å²) in [6.45, 7) is 2.78. The highest BCUT2D eigenvalue weighted by molar-refractivity contribution is 6.30. The third kappa shape index (κ3) is 4.14. The zero-order valence-electron chi connectivity index (χ0n) is 15.7. The Kier molecular flexibility index (Phi) is 5.53. The van der Waals surface area contributed by atoms with Gasteiger partial charge in [0.25, 0.3) is 0 Å². The van der Waals surface area contributed by atoms with Crippen LogP contribution in [0.2, 0.25) is 5.02 Å². The first-order chi connectivity index (χ1) is 13.6. The highest BCUT2D eigenvalue weighted by Gasteiger charge is 2.30. The molecular formula is C22H24ClN3O2. The Morgan fingerprint density at radius 2 is 1.89 bits per heavy atom. The third-order valence-corrected chi connectivity index (χ3v) is 5.79. The molecule has 6 heteroatoms. The van der Waals surface area contributed by atoms with Gasteiger partial charge < -0.3 is 15.1 Å². The highest BCUT2D eigenvalue weighted by Crippen LogP contribution is 2.38. The molecule has 28 heavy (non-hydrogen) atoms. The molecule has 146 valence electrons. The number of nitrogens with zero attached hydrogens (tertiary/aromatic N) is 2. The standard InChI is InChI=1S/C22H24ClN3O2/c23-17-7-9-18(10-8-17)24-21(27)15-26-14-16(19-4-1-2-5-20(19)26)11-13-25-12-3-6-22(25)28/h1-2,4-5,7-10,16H,3,6,11-15H2,(H,24,27). The summed E-state index contributed by atoms with van der Waals surface area (Å²) < 4.78 is 0. The van der Waals surface area contributed by atoms with Crippen molar-refractivity contribution in [3.05, 3.63) is 59.1 Å². The van der Waals surface area contributed by atoms with Gasteiger partial charge in [-0.05, 0) is 48.7 Å². The Hall–Kier alpha value is -2.53. The second kappa shape index (κ2) is 8.23. The van der Waals surface area contributed by atoms with Crippen LogP contribution in [0.1, 0.15) is 30.7 Å². The summed E-state index contributed by atoms with van der Waals surface area (Å²) in [5.41, 5.74) is 3.13. The van der Waals surface area contributed by atoms with Gasteiger partial charge in [-0.15, -0.1) is 0 Å². The summed E-state index contributed by atoms with van der Waals surface area (Å²) in [5, 5.41) is 3.58. The lowest BCUT2D eigenvalue weighted by Crippen LogP contribution is -2.33. The predicted octanol–water partition coefficient (Wildman–Crippen LogP) is 3.89. The number of nitrogens with one attached hydrogen (secondary N) is 1. The van der Waals surface area contributed by atoms with Crippen LogP contribution in [0.5, 0.6) is 0 Å². The molecule has 1 atom stereocenters. The molecule has 2 aliphatic heterocycles. The quantitative estimate of drug-likeness (QED) is 0.804. The van der Waals surface area contributed by atoms with Crippen molar-refractivity contribution < 1.29 is 9.59 Å². The number of amides is 2. The molecule has 2 aromatic rings. The summed E-state index contributed by atoms with van der Waals surface area (Å²) in [5.74, 6) is 0.561. The summed E-state index contributed by atoms with van der Waals surface area (Å²) in [4.78, 5) is 28.5. The largest absolute Gasteiger partial charge is 0.361 e. The number of rotatable bonds is 6. The SMILES string of the molecule is O=C(CN1CC(CCN2CCCC2=O)c2ccccc21)Nc1ccc(Cl)cc1. The zero-order valence-corrected chi connectivity index (χ0v) is 16.5. The minimum Gasteiger partial charge on any atom is -0.361 e. The second-order valence-corrected chi connectivity index (χ2v) is 7.90. The number of halogens is 1. The van der Waals surface area contributed by atoms with Gasteiger partial charge in [0.15, 0.2) is 0 Å². The number of likely N-dealkylation sites (tertiary alicyclic amines) is 1. The van der Waals surface area contributed by atoms with E-state index in [1.165, 1.54) is 5.56 Å². The molecule has 0 radical (unpaired) electrons. The monoisotopic (exact) mass is 397 g/mol. The lowest BCUT2D eigenvalue weighted by Gasteiger charge is -2.21. The van der Waals surface area contributed by atoms with Crippen molar-refractivity contribution in [2.24, 2.45) is 0 Å². The minimum atomic E-state index is -0.0486. The molecule has 1 saturated heterocycles. The maximum Gasteiger partial charge on any atom is 0.243 e. The van der Waals surface area contributed by atoms with Gasteiger partial charge in [0.2, 0.25) is 11.8 Å². The van der Waals surface area contributed by atoms with Crippen LogP contribution in [0.3, 0.4) is 0 Å². The first-order valence-corrected chi connectivity index (χ1v) is 10.1. The molecule has 5 nitrogen and oxygen atoms in total. The molecular weight excluding hydrogens is 374 g/mol. The summed E-state index contributed by atoms with van der Waals surface area (Å²) in [6, 6.07) is 15.4. The normalized spacial score (nSPS) is 18.5. The number of carbonyl (C=O) groups excluding carboxylic acids is 2. The van der Waals surface area contributed by atoms with Gasteiger partial charge in [0.05, 0.1) is 6.54 Å². The molecule has 0 spiro atoms. The Labute approximate surface area is 170 Å². The topological polar surface area (TPSA) is 52.7 Å². The van der Waals surface area contributed by atoms with Crippen molar-refractivity contribution in [3.8, 4) is 0 Å². The molecule has 0 aromatic heterocycles. The second-order valence-electron chi connectivity index (χ2n) is 7.46. The van der Waals surface area contributed by atoms with Gasteiger partial charge >= 0.3 is 0 Å². The van der Waals surface area contributed by atoms with Crippen LogP contribution in [-0.2, 0) is 9.59 Å². The number of hydrogen-bond acceptors (Lipinski definition) is 3. The van der Waals surface area contributed by atoms with Crippen LogP contribution in [0.15, 0.2) is 48.5 Å². The van der Waals surface area contributed by atoms with Crippen molar-refractivity contribution in [2.75, 3.05) is 36.4 Å². The lowest BCUT2D eigenvalue weighted by molar-refractivity contribution is -0.127. The fourth-order valence-electron chi connectivity index (χ4n) is 4.14. The van der Waals surface area contributed by atoms with Gasteiger partial charge in [-0.1, -0.05) is 29.8 Å². The number of anilines is 2. The van der Waals surface area contributed by atoms with E-state index < -0.39 is 0 Å². The first kappa shape index (κ1) is 18.8. The molecule has 0 saturated carbocycles. The number of carbonyl (C=O) groups is 2. The lowest BCUT2D eigenvalue weighted by atomic mass is 9.98. The molecule has 1 unspecified atom stereocenters. The van der Waals surface area contributed by atoms with E-state index in [4.69, 9.17) is 11.6 Å². The Bertz CT molecular complexity index is 868. The summed E-state index contributed by atoms with van der Waals surface area (Å²) >= 11 is 5.90. The van der Waals surface area contributed by atoms with Crippen LogP contribution in [-0.4, -0.2) is 42.9 Å². The van der Waals surface area contributed by atoms with E-state index in [2.05, 4.69) is 22.3 Å². The minimum absolute atomic E-state index is 0.0486. The number of para-hydroxylation sites is 1. The fourth-order valence-corrected chi connectivity index (χ4v) is 4.27. The van der Waals surface area contributed by atoms with Crippen molar-refractivity contribution >= 4 is 34.8 Å². The van der Waals surface area contributed by atoms with Crippen molar-refractivity contribution in [3.63, 3.8) is 0 Å². The molecule has 2 aliphatic rings. The molecule has 4 rings (SSSR count). The first-order valence-electron chi connectivity index (χ1n) is 9.77. The van der Waals surface area contributed by atoms with Gasteiger partial charge in [-0.2, -0.15) is 0 Å². The van der Waals surface area contributed by atoms with Crippen molar-refractivity contribution in [1.82, 2.24) is 4.90 Å². The highest BCUT2D eigenvalue weighted by atomic mass is 35.5. The van der Waals surface area contributed by atoms with E-state index in [0.29, 0.717) is 23.9 Å². The Morgan fingerprint density at radius 1 is 1.11 bits per heavy atom. The molecule has 2 amide bonds. The number of hydrogen-bond donors (Lipinski definition) is 1. The van der Waals surface area contributed by atoms with E-state index in [1.807, 2.05) is 17.0 Å². The van der Waals surface area contributed by atoms with Crippen LogP contribution in [0, 0.1) is 0 Å². The van der Waals surface area contributed by atoms with Crippen LogP contribution < -0.4 is 10.2 Å². The molecule has 1 fully saturated rings. The zero-order chi connectivity index (χ0) is 19.5. The van der Waals surface area contributed by atoms with E-state index in [-0.39, 0.29) is 11.8 Å². The average Bonchev–Trinajstić information content (AvgIpc) is 3.25. The average molecular weight is 398 g/mol. The molecule has 1 N–H and O–H groups in total. The molecule has 2 heterocycles. The summed E-state index contributed by atoms with van der Waals surface area (Å²) in [7, 11) is 0. The maximum absolute atomic E-state index is 12.5. The molecule has 0 bridgehead atoms. The number of fused-ring (bicyclic) bond motifs is 1. The van der Waals surface area contributed by atoms with Gasteiger partial charge in [-0.3, -0.25) is 9.59 Å². The van der Waals surface area contributed by atoms with Crippen LogP contribution in [0.4, 0.5) is 11.4 Å². The van der Waals surface area contributed by atoms with E-state index in [9.17, 15) is 9.59 Å². The summed E-state index contributed by atoms with van der Waals surface area (Å²) in [6.07, 6.45) is 2.58. The van der Waals surface area contributed by atoms with E-state index in [1.54, 1.807) is 24.3 Å². The van der Waals surface area contributed by atoms with Gasteiger partial charge in [-0.25, -0.2) is 0 Å². The van der Waals surface area contributed by atoms with Crippen LogP contribution >= 0.6 is 11.6 Å². The van der Waals surface area contributed by atoms with E-state index in [0.717, 1.165) is 43.9 Å². The smallest absolute Gasteiger partial charge is 0.243 e. The predicted molar refractivity (Wildman–Crippen MR) is 112 cm³/mol. The molecule has 2 aromatic carbocycles.